The Balaban J connectivity index is 2.08. The van der Waals surface area contributed by atoms with Crippen LogP contribution in [-0.2, 0) is 13.1 Å². The smallest absolute Gasteiger partial charge is 0.123 e. The van der Waals surface area contributed by atoms with Crippen LogP contribution < -0.4 is 5.32 Å². The lowest BCUT2D eigenvalue weighted by molar-refractivity contribution is 0.622. The van der Waals surface area contributed by atoms with E-state index >= 15 is 0 Å². The molecule has 1 heterocycles. The molecule has 0 bridgehead atoms. The van der Waals surface area contributed by atoms with Crippen molar-refractivity contribution in [1.82, 2.24) is 9.88 Å². The van der Waals surface area contributed by atoms with E-state index in [1.807, 2.05) is 19.2 Å². The number of hydrogen-bond donors (Lipinski definition) is 1. The van der Waals surface area contributed by atoms with Gasteiger partial charge in [0.1, 0.15) is 5.82 Å². The summed E-state index contributed by atoms with van der Waals surface area (Å²) in [7, 11) is 0. The number of nitrogens with zero attached hydrogens (tertiary/aromatic N) is 1. The quantitative estimate of drug-likeness (QED) is 0.858. The summed E-state index contributed by atoms with van der Waals surface area (Å²) in [5, 5.41) is 3.29. The average molecular weight is 246 g/mol. The minimum atomic E-state index is -0.171. The SMILES string of the molecule is CCNCc1ccn(Cc2cc(F)ccc2C)c1. The molecule has 96 valence electrons. The number of rotatable bonds is 5. The topological polar surface area (TPSA) is 17.0 Å². The van der Waals surface area contributed by atoms with Crippen molar-refractivity contribution in [2.45, 2.75) is 26.9 Å². The average Bonchev–Trinajstić information content (AvgIpc) is 2.79. The fourth-order valence-electron chi connectivity index (χ4n) is 1.97. The molecule has 18 heavy (non-hydrogen) atoms. The van der Waals surface area contributed by atoms with E-state index < -0.39 is 0 Å². The highest BCUT2D eigenvalue weighted by atomic mass is 19.1. The van der Waals surface area contributed by atoms with Crippen molar-refractivity contribution < 1.29 is 4.39 Å². The molecule has 0 aliphatic heterocycles. The summed E-state index contributed by atoms with van der Waals surface area (Å²) < 4.78 is 15.3. The van der Waals surface area contributed by atoms with Crippen molar-refractivity contribution in [2.75, 3.05) is 6.54 Å². The maximum absolute atomic E-state index is 13.2. The van der Waals surface area contributed by atoms with Crippen LogP contribution in [0.5, 0.6) is 0 Å². The highest BCUT2D eigenvalue weighted by Gasteiger charge is 2.02. The minimum Gasteiger partial charge on any atom is -0.350 e. The number of nitrogens with one attached hydrogen (secondary N) is 1. The van der Waals surface area contributed by atoms with Crippen molar-refractivity contribution in [3.8, 4) is 0 Å². The molecule has 0 atom stereocenters. The Kier molecular flexibility index (Phi) is 4.15. The Labute approximate surface area is 107 Å². The maximum atomic E-state index is 13.2. The van der Waals surface area contributed by atoms with Crippen LogP contribution in [0.15, 0.2) is 36.7 Å². The molecule has 1 aromatic heterocycles. The molecule has 0 aliphatic rings. The van der Waals surface area contributed by atoms with Crippen LogP contribution >= 0.6 is 0 Å². The van der Waals surface area contributed by atoms with Gasteiger partial charge in [0.2, 0.25) is 0 Å². The highest BCUT2D eigenvalue weighted by Crippen LogP contribution is 2.13. The molecule has 2 rings (SSSR count). The molecule has 0 aliphatic carbocycles. The Morgan fingerprint density at radius 2 is 2.11 bits per heavy atom. The van der Waals surface area contributed by atoms with E-state index in [0.29, 0.717) is 0 Å². The van der Waals surface area contributed by atoms with Gasteiger partial charge in [-0.3, -0.25) is 0 Å². The third-order valence-corrected chi connectivity index (χ3v) is 3.05. The van der Waals surface area contributed by atoms with Crippen LogP contribution in [-0.4, -0.2) is 11.1 Å². The van der Waals surface area contributed by atoms with Gasteiger partial charge in [0.25, 0.3) is 0 Å². The second kappa shape index (κ2) is 5.83. The third kappa shape index (κ3) is 3.20. The lowest BCUT2D eigenvalue weighted by Crippen LogP contribution is -2.11. The molecular formula is C15H19FN2. The predicted molar refractivity (Wildman–Crippen MR) is 72.1 cm³/mol. The van der Waals surface area contributed by atoms with Crippen LogP contribution in [0.4, 0.5) is 4.39 Å². The summed E-state index contributed by atoms with van der Waals surface area (Å²) in [5.41, 5.74) is 3.41. The van der Waals surface area contributed by atoms with Gasteiger partial charge < -0.3 is 9.88 Å². The van der Waals surface area contributed by atoms with Crippen molar-refractivity contribution in [3.63, 3.8) is 0 Å². The van der Waals surface area contributed by atoms with E-state index in [2.05, 4.69) is 29.1 Å². The molecule has 0 fully saturated rings. The van der Waals surface area contributed by atoms with E-state index in [9.17, 15) is 4.39 Å². The standard InChI is InChI=1S/C15H19FN2/c1-3-17-9-13-6-7-18(10-13)11-14-8-15(16)5-4-12(14)2/h4-8,10,17H,3,9,11H2,1-2H3. The molecule has 0 saturated heterocycles. The van der Waals surface area contributed by atoms with Crippen molar-refractivity contribution in [1.29, 1.82) is 0 Å². The Hall–Kier alpha value is -1.61. The monoisotopic (exact) mass is 246 g/mol. The lowest BCUT2D eigenvalue weighted by atomic mass is 10.1. The molecule has 1 aromatic carbocycles. The van der Waals surface area contributed by atoms with E-state index in [4.69, 9.17) is 0 Å². The van der Waals surface area contributed by atoms with E-state index in [-0.39, 0.29) is 5.82 Å². The molecule has 0 spiro atoms. The minimum absolute atomic E-state index is 0.171. The normalized spacial score (nSPS) is 10.8. The summed E-state index contributed by atoms with van der Waals surface area (Å²) >= 11 is 0. The number of halogens is 1. The fourth-order valence-corrected chi connectivity index (χ4v) is 1.97. The maximum Gasteiger partial charge on any atom is 0.123 e. The molecule has 3 heteroatoms. The second-order valence-corrected chi connectivity index (χ2v) is 4.54. The Morgan fingerprint density at radius 3 is 2.89 bits per heavy atom. The fraction of sp³-hybridized carbons (Fsp3) is 0.333. The lowest BCUT2D eigenvalue weighted by Gasteiger charge is -2.07. The summed E-state index contributed by atoms with van der Waals surface area (Å²) in [6.45, 7) is 6.67. The number of aromatic nitrogens is 1. The first-order valence-electron chi connectivity index (χ1n) is 6.29. The summed E-state index contributed by atoms with van der Waals surface area (Å²) in [6.07, 6.45) is 4.14. The van der Waals surface area contributed by atoms with E-state index in [1.165, 1.54) is 11.6 Å². The van der Waals surface area contributed by atoms with Gasteiger partial charge in [0.05, 0.1) is 0 Å². The van der Waals surface area contributed by atoms with Crippen LogP contribution in [0.2, 0.25) is 0 Å². The van der Waals surface area contributed by atoms with Crippen LogP contribution in [0.1, 0.15) is 23.6 Å². The number of benzene rings is 1. The first-order valence-corrected chi connectivity index (χ1v) is 6.29. The van der Waals surface area contributed by atoms with E-state index in [0.717, 1.165) is 30.8 Å². The Bertz CT molecular complexity index is 517. The highest BCUT2D eigenvalue weighted by molar-refractivity contribution is 5.27. The van der Waals surface area contributed by atoms with Gasteiger partial charge in [0, 0.05) is 25.5 Å². The van der Waals surface area contributed by atoms with E-state index in [1.54, 1.807) is 6.07 Å². The second-order valence-electron chi connectivity index (χ2n) is 4.54. The number of hydrogen-bond acceptors (Lipinski definition) is 1. The van der Waals surface area contributed by atoms with Gasteiger partial charge in [-0.15, -0.1) is 0 Å². The molecular weight excluding hydrogens is 227 g/mol. The number of aryl methyl sites for hydroxylation is 1. The van der Waals surface area contributed by atoms with Crippen molar-refractivity contribution >= 4 is 0 Å². The van der Waals surface area contributed by atoms with Gasteiger partial charge in [0.15, 0.2) is 0 Å². The molecule has 2 nitrogen and oxygen atoms in total. The molecule has 0 unspecified atom stereocenters. The first-order chi connectivity index (χ1) is 8.69. The van der Waals surface area contributed by atoms with Gasteiger partial charge in [-0.05, 0) is 48.4 Å². The van der Waals surface area contributed by atoms with Crippen molar-refractivity contribution in [2.24, 2.45) is 0 Å². The van der Waals surface area contributed by atoms with Gasteiger partial charge >= 0.3 is 0 Å². The molecule has 2 aromatic rings. The molecule has 0 saturated carbocycles. The molecule has 1 N–H and O–H groups in total. The largest absolute Gasteiger partial charge is 0.350 e. The summed E-state index contributed by atoms with van der Waals surface area (Å²) in [6, 6.07) is 7.04. The van der Waals surface area contributed by atoms with Gasteiger partial charge in [-0.25, -0.2) is 4.39 Å². The molecule has 0 radical (unpaired) electrons. The van der Waals surface area contributed by atoms with Gasteiger partial charge in [-0.1, -0.05) is 13.0 Å². The van der Waals surface area contributed by atoms with Crippen LogP contribution in [0, 0.1) is 12.7 Å². The third-order valence-electron chi connectivity index (χ3n) is 3.05. The van der Waals surface area contributed by atoms with Crippen LogP contribution in [0.3, 0.4) is 0 Å². The molecule has 0 amide bonds. The zero-order chi connectivity index (χ0) is 13.0. The Morgan fingerprint density at radius 1 is 1.28 bits per heavy atom. The van der Waals surface area contributed by atoms with Gasteiger partial charge in [-0.2, -0.15) is 0 Å². The van der Waals surface area contributed by atoms with Crippen LogP contribution in [0.25, 0.3) is 0 Å². The zero-order valence-electron chi connectivity index (χ0n) is 10.9. The summed E-state index contributed by atoms with van der Waals surface area (Å²) in [4.78, 5) is 0. The predicted octanol–water partition coefficient (Wildman–Crippen LogP) is 3.09. The first kappa shape index (κ1) is 12.8. The zero-order valence-corrected chi connectivity index (χ0v) is 10.9. The summed E-state index contributed by atoms with van der Waals surface area (Å²) in [5.74, 6) is -0.171. The van der Waals surface area contributed by atoms with Crippen molar-refractivity contribution in [3.05, 3.63) is 59.2 Å².